The van der Waals surface area contributed by atoms with Crippen LogP contribution in [0, 0.1) is 5.21 Å². The molecule has 0 radical (unpaired) electrons. The lowest BCUT2D eigenvalue weighted by molar-refractivity contribution is -0.790. The number of benzene rings is 1. The third kappa shape index (κ3) is 1.58. The second-order valence-corrected chi connectivity index (χ2v) is 2.45. The molecule has 0 saturated heterocycles. The van der Waals surface area contributed by atoms with Crippen LogP contribution in [-0.4, -0.2) is 5.16 Å². The summed E-state index contributed by atoms with van der Waals surface area (Å²) in [5.41, 5.74) is 0.815. The molecular weight excluding hydrogens is 170 g/mol. The van der Waals surface area contributed by atoms with Crippen LogP contribution in [0.25, 0.3) is 0 Å². The van der Waals surface area contributed by atoms with Gasteiger partial charge in [0.05, 0.1) is 5.69 Å². The van der Waals surface area contributed by atoms with E-state index < -0.39 is 0 Å². The number of hydrogen-bond donors (Lipinski definition) is 1. The van der Waals surface area contributed by atoms with Gasteiger partial charge < -0.3 is 9.84 Å². The van der Waals surface area contributed by atoms with Gasteiger partial charge in [-0.2, -0.15) is 0 Å². The van der Waals surface area contributed by atoms with E-state index in [9.17, 15) is 5.21 Å². The molecule has 0 saturated carbocycles. The third-order valence-corrected chi connectivity index (χ3v) is 1.54. The van der Waals surface area contributed by atoms with Gasteiger partial charge in [-0.25, -0.2) is 0 Å². The number of rotatable bonds is 2. The highest BCUT2D eigenvalue weighted by Gasteiger charge is 2.05. The van der Waals surface area contributed by atoms with Gasteiger partial charge in [0.15, 0.2) is 6.20 Å². The zero-order valence-electron chi connectivity index (χ0n) is 6.68. The lowest BCUT2D eigenvalue weighted by Crippen LogP contribution is -2.25. The maximum Gasteiger partial charge on any atom is 0.299 e. The van der Waals surface area contributed by atoms with Gasteiger partial charge in [-0.15, -0.1) is 0 Å². The molecule has 5 nitrogen and oxygen atoms in total. The number of para-hydroxylation sites is 1. The number of hydrogen-bond acceptors (Lipinski definition) is 4. The molecule has 0 aliphatic heterocycles. The van der Waals surface area contributed by atoms with E-state index >= 15 is 0 Å². The monoisotopic (exact) mass is 177 g/mol. The van der Waals surface area contributed by atoms with Crippen LogP contribution in [0.4, 0.5) is 11.5 Å². The molecule has 0 amide bonds. The first kappa shape index (κ1) is 7.60. The van der Waals surface area contributed by atoms with Crippen molar-refractivity contribution in [1.29, 1.82) is 0 Å². The zero-order chi connectivity index (χ0) is 9.10. The summed E-state index contributed by atoms with van der Waals surface area (Å²) in [6.45, 7) is 0. The summed E-state index contributed by atoms with van der Waals surface area (Å²) < 4.78 is 4.29. The maximum atomic E-state index is 10.8. The first-order chi connectivity index (χ1) is 6.36. The van der Waals surface area contributed by atoms with Crippen LogP contribution in [0.5, 0.6) is 0 Å². The van der Waals surface area contributed by atoms with Gasteiger partial charge in [-0.1, -0.05) is 23.1 Å². The molecular formula is C8H7N3O2. The number of anilines is 2. The molecule has 0 atom stereocenters. The SMILES string of the molecule is [O-][n+]1oncc1Nc1ccccc1. The average molecular weight is 177 g/mol. The Kier molecular flexibility index (Phi) is 1.84. The Bertz CT molecular complexity index is 385. The molecule has 2 aromatic rings. The quantitative estimate of drug-likeness (QED) is 0.696. The largest absolute Gasteiger partial charge is 0.391 e. The van der Waals surface area contributed by atoms with Gasteiger partial charge in [0.25, 0.3) is 5.82 Å². The lowest BCUT2D eigenvalue weighted by atomic mass is 10.3. The Morgan fingerprint density at radius 2 is 2.08 bits per heavy atom. The van der Waals surface area contributed by atoms with E-state index in [-0.39, 0.29) is 5.82 Å². The highest BCUT2D eigenvalue weighted by atomic mass is 16.8. The Balaban J connectivity index is 2.20. The molecule has 1 aromatic heterocycles. The molecule has 13 heavy (non-hydrogen) atoms. The first-order valence-electron chi connectivity index (χ1n) is 3.73. The standard InChI is InChI=1S/C8H7N3O2/c12-11-8(6-9-13-11)10-7-4-2-1-3-5-7/h1-6,10H. The summed E-state index contributed by atoms with van der Waals surface area (Å²) in [4.78, 5) is 0.312. The number of nitrogens with zero attached hydrogens (tertiary/aromatic N) is 2. The van der Waals surface area contributed by atoms with Crippen molar-refractivity contribution >= 4 is 11.5 Å². The van der Waals surface area contributed by atoms with Gasteiger partial charge in [-0.05, 0) is 17.3 Å². The topological polar surface area (TPSA) is 65.0 Å². The van der Waals surface area contributed by atoms with E-state index in [4.69, 9.17) is 0 Å². The summed E-state index contributed by atoms with van der Waals surface area (Å²) in [6.07, 6.45) is 1.32. The minimum absolute atomic E-state index is 0.270. The molecule has 0 aliphatic carbocycles. The van der Waals surface area contributed by atoms with E-state index in [1.807, 2.05) is 30.3 Å². The van der Waals surface area contributed by atoms with Crippen molar-refractivity contribution in [1.82, 2.24) is 5.16 Å². The summed E-state index contributed by atoms with van der Waals surface area (Å²) in [5, 5.41) is 17.0. The lowest BCUT2D eigenvalue weighted by Gasteiger charge is -1.98. The zero-order valence-corrected chi connectivity index (χ0v) is 6.68. The van der Waals surface area contributed by atoms with Crippen molar-refractivity contribution in [2.75, 3.05) is 5.32 Å². The fourth-order valence-corrected chi connectivity index (χ4v) is 0.955. The minimum Gasteiger partial charge on any atom is -0.391 e. The summed E-state index contributed by atoms with van der Waals surface area (Å²) in [7, 11) is 0. The van der Waals surface area contributed by atoms with E-state index in [1.165, 1.54) is 6.20 Å². The van der Waals surface area contributed by atoms with Gasteiger partial charge in [0.2, 0.25) is 0 Å². The number of nitrogens with one attached hydrogen (secondary N) is 1. The molecule has 1 N–H and O–H groups in total. The predicted octanol–water partition coefficient (Wildman–Crippen LogP) is 1.05. The van der Waals surface area contributed by atoms with E-state index in [0.717, 1.165) is 5.69 Å². The predicted molar refractivity (Wildman–Crippen MR) is 45.2 cm³/mol. The van der Waals surface area contributed by atoms with Gasteiger partial charge in [-0.3, -0.25) is 5.32 Å². The molecule has 1 heterocycles. The van der Waals surface area contributed by atoms with Crippen LogP contribution in [0.15, 0.2) is 41.2 Å². The van der Waals surface area contributed by atoms with Crippen molar-refractivity contribution in [3.63, 3.8) is 0 Å². The first-order valence-corrected chi connectivity index (χ1v) is 3.73. The Hall–Kier alpha value is -2.04. The fraction of sp³-hybridized carbons (Fsp3) is 0. The summed E-state index contributed by atoms with van der Waals surface area (Å²) >= 11 is 0. The maximum absolute atomic E-state index is 10.8. The van der Waals surface area contributed by atoms with Crippen LogP contribution in [0.2, 0.25) is 0 Å². The van der Waals surface area contributed by atoms with Gasteiger partial charge >= 0.3 is 0 Å². The Morgan fingerprint density at radius 1 is 1.31 bits per heavy atom. The molecule has 1 aromatic carbocycles. The number of aromatic nitrogens is 2. The fourth-order valence-electron chi connectivity index (χ4n) is 0.955. The van der Waals surface area contributed by atoms with Crippen LogP contribution >= 0.6 is 0 Å². The van der Waals surface area contributed by atoms with Crippen LogP contribution < -0.4 is 10.2 Å². The molecule has 66 valence electrons. The van der Waals surface area contributed by atoms with Crippen molar-refractivity contribution in [3.8, 4) is 0 Å². The van der Waals surface area contributed by atoms with Crippen LogP contribution in [0.1, 0.15) is 0 Å². The Morgan fingerprint density at radius 3 is 2.69 bits per heavy atom. The van der Waals surface area contributed by atoms with E-state index in [1.54, 1.807) is 0 Å². The summed E-state index contributed by atoms with van der Waals surface area (Å²) in [5.74, 6) is 0.270. The average Bonchev–Trinajstić information content (AvgIpc) is 2.54. The van der Waals surface area contributed by atoms with Crippen molar-refractivity contribution in [2.24, 2.45) is 0 Å². The van der Waals surface area contributed by atoms with Crippen LogP contribution in [0.3, 0.4) is 0 Å². The van der Waals surface area contributed by atoms with Crippen molar-refractivity contribution < 1.29 is 9.53 Å². The van der Waals surface area contributed by atoms with E-state index in [0.29, 0.717) is 4.90 Å². The molecule has 0 bridgehead atoms. The molecule has 5 heteroatoms. The molecule has 2 rings (SSSR count). The highest BCUT2D eigenvalue weighted by Crippen LogP contribution is 2.10. The Labute approximate surface area is 74.1 Å². The normalized spacial score (nSPS) is 9.85. The van der Waals surface area contributed by atoms with Crippen molar-refractivity contribution in [2.45, 2.75) is 0 Å². The van der Waals surface area contributed by atoms with Gasteiger partial charge in [0, 0.05) is 0 Å². The van der Waals surface area contributed by atoms with Crippen LogP contribution in [-0.2, 0) is 0 Å². The summed E-state index contributed by atoms with van der Waals surface area (Å²) in [6, 6.07) is 9.31. The highest BCUT2D eigenvalue weighted by molar-refractivity contribution is 5.52. The van der Waals surface area contributed by atoms with Crippen molar-refractivity contribution in [3.05, 3.63) is 41.7 Å². The second-order valence-electron chi connectivity index (χ2n) is 2.45. The van der Waals surface area contributed by atoms with E-state index in [2.05, 4.69) is 15.1 Å². The third-order valence-electron chi connectivity index (χ3n) is 1.54. The molecule has 0 aliphatic rings. The smallest absolute Gasteiger partial charge is 0.299 e. The molecule has 0 spiro atoms. The van der Waals surface area contributed by atoms with Gasteiger partial charge in [0.1, 0.15) is 0 Å². The minimum atomic E-state index is 0.270. The second kappa shape index (κ2) is 3.14. The molecule has 0 unspecified atom stereocenters. The molecule has 0 fully saturated rings.